The molecule has 0 aliphatic heterocycles. The summed E-state index contributed by atoms with van der Waals surface area (Å²) in [4.78, 5) is 36.8. The van der Waals surface area contributed by atoms with Crippen LogP contribution < -0.4 is 5.32 Å². The Morgan fingerprint density at radius 3 is 2.38 bits per heavy atom. The van der Waals surface area contributed by atoms with Crippen LogP contribution in [0.5, 0.6) is 0 Å². The molecule has 3 aromatic rings. The zero-order chi connectivity index (χ0) is 23.3. The van der Waals surface area contributed by atoms with Gasteiger partial charge in [0, 0.05) is 28.5 Å². The second-order valence-corrected chi connectivity index (χ2v) is 8.09. The van der Waals surface area contributed by atoms with Gasteiger partial charge in [-0.2, -0.15) is 0 Å². The van der Waals surface area contributed by atoms with E-state index in [1.165, 1.54) is 18.2 Å². The van der Waals surface area contributed by atoms with Gasteiger partial charge in [-0.25, -0.2) is 0 Å². The summed E-state index contributed by atoms with van der Waals surface area (Å²) in [5.41, 5.74) is 3.55. The molecule has 0 fully saturated rings. The third-order valence-electron chi connectivity index (χ3n) is 4.99. The van der Waals surface area contributed by atoms with Crippen LogP contribution in [0.3, 0.4) is 0 Å². The Morgan fingerprint density at radius 1 is 0.969 bits per heavy atom. The maximum atomic E-state index is 12.6. The summed E-state index contributed by atoms with van der Waals surface area (Å²) in [6.07, 6.45) is 0. The molecule has 0 aliphatic rings. The summed E-state index contributed by atoms with van der Waals surface area (Å²) in [6, 6.07) is 16.1. The lowest BCUT2D eigenvalue weighted by molar-refractivity contribution is -0.141. The van der Waals surface area contributed by atoms with Crippen molar-refractivity contribution in [2.75, 3.05) is 13.2 Å². The normalized spacial score (nSPS) is 10.6. The number of amides is 1. The van der Waals surface area contributed by atoms with Gasteiger partial charge in [-0.15, -0.1) is 0 Å². The first kappa shape index (κ1) is 23.6. The predicted octanol–water partition coefficient (Wildman–Crippen LogP) is 4.62. The van der Waals surface area contributed by atoms with Gasteiger partial charge >= 0.3 is 5.97 Å². The van der Waals surface area contributed by atoms with E-state index in [2.05, 4.69) is 5.32 Å². The number of nitrogens with one attached hydrogen (secondary N) is 1. The van der Waals surface area contributed by atoms with Crippen molar-refractivity contribution >= 4 is 40.9 Å². The van der Waals surface area contributed by atoms with E-state index in [-0.39, 0.29) is 16.4 Å². The van der Waals surface area contributed by atoms with E-state index in [4.69, 9.17) is 27.9 Å². The van der Waals surface area contributed by atoms with Gasteiger partial charge in [-0.1, -0.05) is 53.5 Å². The number of carbonyl (C=O) groups excluding carboxylic acids is 3. The molecule has 8 heteroatoms. The minimum Gasteiger partial charge on any atom is -0.456 e. The van der Waals surface area contributed by atoms with E-state index in [0.717, 1.165) is 17.0 Å². The van der Waals surface area contributed by atoms with Crippen molar-refractivity contribution < 1.29 is 19.1 Å². The minimum absolute atomic E-state index is 0.171. The monoisotopic (exact) mass is 472 g/mol. The third kappa shape index (κ3) is 5.78. The number of aryl methyl sites for hydroxylation is 1. The zero-order valence-electron chi connectivity index (χ0n) is 17.7. The van der Waals surface area contributed by atoms with Gasteiger partial charge < -0.3 is 14.6 Å². The number of ketones is 1. The standard InChI is InChI=1S/C24H22Cl2N2O4/c1-15-10-20(16(2)28(15)13-17-6-4-3-5-7-17)22(29)14-32-23(30)12-27-24(31)19-9-8-18(25)11-21(19)26/h3-11H,12-14H2,1-2H3,(H,27,31). The van der Waals surface area contributed by atoms with Crippen LogP contribution in [-0.4, -0.2) is 35.4 Å². The van der Waals surface area contributed by atoms with Gasteiger partial charge in [0.1, 0.15) is 6.54 Å². The van der Waals surface area contributed by atoms with E-state index in [1.54, 1.807) is 6.07 Å². The Kier molecular flexibility index (Phi) is 7.72. The number of hydrogen-bond donors (Lipinski definition) is 1. The zero-order valence-corrected chi connectivity index (χ0v) is 19.2. The highest BCUT2D eigenvalue weighted by atomic mass is 35.5. The summed E-state index contributed by atoms with van der Waals surface area (Å²) in [5.74, 6) is -1.58. The molecule has 0 atom stereocenters. The predicted molar refractivity (Wildman–Crippen MR) is 124 cm³/mol. The van der Waals surface area contributed by atoms with Crippen LogP contribution >= 0.6 is 23.2 Å². The van der Waals surface area contributed by atoms with Crippen molar-refractivity contribution in [3.05, 3.63) is 92.7 Å². The molecule has 166 valence electrons. The number of Topliss-reactive ketones (excluding diaryl/α,β-unsaturated/α-hetero) is 1. The van der Waals surface area contributed by atoms with Crippen molar-refractivity contribution in [3.8, 4) is 0 Å². The van der Waals surface area contributed by atoms with E-state index >= 15 is 0 Å². The maximum Gasteiger partial charge on any atom is 0.325 e. The van der Waals surface area contributed by atoms with Crippen molar-refractivity contribution in [3.63, 3.8) is 0 Å². The highest BCUT2D eigenvalue weighted by Gasteiger charge is 2.18. The lowest BCUT2D eigenvalue weighted by Crippen LogP contribution is -2.31. The van der Waals surface area contributed by atoms with Crippen molar-refractivity contribution in [1.82, 2.24) is 9.88 Å². The topological polar surface area (TPSA) is 77.4 Å². The van der Waals surface area contributed by atoms with Crippen LogP contribution in [0.15, 0.2) is 54.6 Å². The molecule has 1 N–H and O–H groups in total. The number of aromatic nitrogens is 1. The Labute approximate surface area is 196 Å². The van der Waals surface area contributed by atoms with Crippen molar-refractivity contribution in [1.29, 1.82) is 0 Å². The fourth-order valence-electron chi connectivity index (χ4n) is 3.29. The molecule has 1 aromatic heterocycles. The molecule has 1 amide bonds. The average Bonchev–Trinajstić information content (AvgIpc) is 3.05. The first-order chi connectivity index (χ1) is 15.3. The largest absolute Gasteiger partial charge is 0.456 e. The van der Waals surface area contributed by atoms with E-state index in [1.807, 2.05) is 48.7 Å². The Bertz CT molecular complexity index is 1160. The highest BCUT2D eigenvalue weighted by molar-refractivity contribution is 6.36. The summed E-state index contributed by atoms with van der Waals surface area (Å²) in [6.45, 7) is 3.63. The van der Waals surface area contributed by atoms with Crippen LogP contribution in [0, 0.1) is 13.8 Å². The average molecular weight is 473 g/mol. The quantitative estimate of drug-likeness (QED) is 0.383. The van der Waals surface area contributed by atoms with Gasteiger partial charge in [-0.05, 0) is 43.7 Å². The fourth-order valence-corrected chi connectivity index (χ4v) is 3.78. The number of nitrogens with zero attached hydrogens (tertiary/aromatic N) is 1. The minimum atomic E-state index is -0.727. The number of esters is 1. The van der Waals surface area contributed by atoms with Crippen LogP contribution in [0.25, 0.3) is 0 Å². The summed E-state index contributed by atoms with van der Waals surface area (Å²) < 4.78 is 7.09. The summed E-state index contributed by atoms with van der Waals surface area (Å²) in [5, 5.41) is 2.98. The van der Waals surface area contributed by atoms with Crippen molar-refractivity contribution in [2.45, 2.75) is 20.4 Å². The molecule has 32 heavy (non-hydrogen) atoms. The lowest BCUT2D eigenvalue weighted by atomic mass is 10.1. The van der Waals surface area contributed by atoms with Crippen LogP contribution in [0.4, 0.5) is 0 Å². The number of ether oxygens (including phenoxy) is 1. The first-order valence-electron chi connectivity index (χ1n) is 9.89. The molecule has 0 saturated heterocycles. The number of rotatable bonds is 8. The van der Waals surface area contributed by atoms with Gasteiger partial charge in [0.2, 0.25) is 5.78 Å². The summed E-state index contributed by atoms with van der Waals surface area (Å²) >= 11 is 11.8. The molecule has 6 nitrogen and oxygen atoms in total. The van der Waals surface area contributed by atoms with Gasteiger partial charge in [0.25, 0.3) is 5.91 Å². The first-order valence-corrected chi connectivity index (χ1v) is 10.6. The van der Waals surface area contributed by atoms with Gasteiger partial charge in [-0.3, -0.25) is 14.4 Å². The molecule has 0 unspecified atom stereocenters. The van der Waals surface area contributed by atoms with Crippen LogP contribution in [-0.2, 0) is 16.1 Å². The second-order valence-electron chi connectivity index (χ2n) is 7.25. The van der Waals surface area contributed by atoms with E-state index in [0.29, 0.717) is 17.1 Å². The Morgan fingerprint density at radius 2 is 1.69 bits per heavy atom. The van der Waals surface area contributed by atoms with E-state index in [9.17, 15) is 14.4 Å². The Balaban J connectivity index is 1.54. The number of halogens is 2. The van der Waals surface area contributed by atoms with Gasteiger partial charge in [0.05, 0.1) is 10.6 Å². The van der Waals surface area contributed by atoms with E-state index < -0.39 is 25.0 Å². The molecular weight excluding hydrogens is 451 g/mol. The van der Waals surface area contributed by atoms with Crippen molar-refractivity contribution in [2.24, 2.45) is 0 Å². The molecule has 0 radical (unpaired) electrons. The van der Waals surface area contributed by atoms with Crippen LogP contribution in [0.2, 0.25) is 10.0 Å². The smallest absolute Gasteiger partial charge is 0.325 e. The number of benzene rings is 2. The lowest BCUT2D eigenvalue weighted by Gasteiger charge is -2.10. The molecule has 0 saturated carbocycles. The number of hydrogen-bond acceptors (Lipinski definition) is 4. The summed E-state index contributed by atoms with van der Waals surface area (Å²) in [7, 11) is 0. The second kappa shape index (κ2) is 10.5. The number of carbonyl (C=O) groups is 3. The Hall–Kier alpha value is -3.09. The molecule has 2 aromatic carbocycles. The van der Waals surface area contributed by atoms with Crippen LogP contribution in [0.1, 0.15) is 37.7 Å². The highest BCUT2D eigenvalue weighted by Crippen LogP contribution is 2.21. The molecule has 3 rings (SSSR count). The fraction of sp³-hybridized carbons (Fsp3) is 0.208. The third-order valence-corrected chi connectivity index (χ3v) is 5.54. The molecular formula is C24H22Cl2N2O4. The molecule has 0 spiro atoms. The van der Waals surface area contributed by atoms with Gasteiger partial charge in [0.15, 0.2) is 6.61 Å². The molecule has 0 aliphatic carbocycles. The maximum absolute atomic E-state index is 12.6. The SMILES string of the molecule is Cc1cc(C(=O)COC(=O)CNC(=O)c2ccc(Cl)cc2Cl)c(C)n1Cc1ccccc1. The molecule has 1 heterocycles. The molecule has 0 bridgehead atoms.